The number of hydrogen-bond donors (Lipinski definition) is 1. The van der Waals surface area contributed by atoms with Gasteiger partial charge < -0.3 is 9.84 Å². The van der Waals surface area contributed by atoms with Crippen molar-refractivity contribution in [3.05, 3.63) is 11.8 Å². The molecule has 19 heavy (non-hydrogen) atoms. The molecule has 2 unspecified atom stereocenters. The number of carbonyl (C=O) groups excluding carboxylic acids is 2. The average molecular weight is 266 g/mol. The lowest BCUT2D eigenvalue weighted by Crippen LogP contribution is -2.46. The van der Waals surface area contributed by atoms with Crippen LogP contribution in [0.5, 0.6) is 0 Å². The van der Waals surface area contributed by atoms with Crippen LogP contribution in [0.3, 0.4) is 0 Å². The van der Waals surface area contributed by atoms with E-state index in [1.165, 1.54) is 33.1 Å². The third-order valence-electron chi connectivity index (χ3n) is 4.31. The average Bonchev–Trinajstić information content (AvgIpc) is 2.39. The van der Waals surface area contributed by atoms with Crippen LogP contribution in [0.2, 0.25) is 0 Å². The van der Waals surface area contributed by atoms with Gasteiger partial charge in [-0.05, 0) is 30.8 Å². The number of Topliss-reactive ketones (excluding diaryl/α,β-unsaturated/α-hetero) is 2. The number of ether oxygens (including phenoxy) is 1. The zero-order chi connectivity index (χ0) is 14.0. The first-order chi connectivity index (χ1) is 8.92. The molecule has 0 saturated heterocycles. The van der Waals surface area contributed by atoms with Gasteiger partial charge in [0.2, 0.25) is 5.78 Å². The Kier molecular flexibility index (Phi) is 4.09. The van der Waals surface area contributed by atoms with Crippen LogP contribution in [0.25, 0.3) is 0 Å². The van der Waals surface area contributed by atoms with Crippen molar-refractivity contribution in [2.45, 2.75) is 58.2 Å². The van der Waals surface area contributed by atoms with E-state index >= 15 is 0 Å². The van der Waals surface area contributed by atoms with Crippen molar-refractivity contribution in [1.29, 1.82) is 0 Å². The van der Waals surface area contributed by atoms with Gasteiger partial charge in [-0.1, -0.05) is 19.3 Å². The van der Waals surface area contributed by atoms with Crippen LogP contribution in [-0.2, 0) is 14.3 Å². The molecule has 4 heteroatoms. The van der Waals surface area contributed by atoms with Crippen molar-refractivity contribution in [1.82, 2.24) is 0 Å². The summed E-state index contributed by atoms with van der Waals surface area (Å²) in [6.45, 7) is 2.71. The summed E-state index contributed by atoms with van der Waals surface area (Å²) < 4.78 is 5.24. The van der Waals surface area contributed by atoms with Crippen molar-refractivity contribution in [3.8, 4) is 0 Å². The molecule has 2 rings (SSSR count). The van der Waals surface area contributed by atoms with E-state index in [9.17, 15) is 14.7 Å². The topological polar surface area (TPSA) is 63.6 Å². The van der Waals surface area contributed by atoms with E-state index in [1.54, 1.807) is 0 Å². The van der Waals surface area contributed by atoms with E-state index in [4.69, 9.17) is 4.74 Å². The number of aliphatic hydroxyl groups is 1. The van der Waals surface area contributed by atoms with E-state index in [2.05, 4.69) is 0 Å². The van der Waals surface area contributed by atoms with Crippen LogP contribution in [0.15, 0.2) is 11.8 Å². The second-order valence-corrected chi connectivity index (χ2v) is 5.80. The molecule has 4 nitrogen and oxygen atoms in total. The van der Waals surface area contributed by atoms with Crippen molar-refractivity contribution in [2.75, 3.05) is 0 Å². The van der Waals surface area contributed by atoms with Gasteiger partial charge in [-0.15, -0.1) is 0 Å². The maximum Gasteiger partial charge on any atom is 0.268 e. The minimum absolute atomic E-state index is 0.0573. The molecule has 1 saturated carbocycles. The summed E-state index contributed by atoms with van der Waals surface area (Å²) in [4.78, 5) is 23.1. The van der Waals surface area contributed by atoms with Gasteiger partial charge in [-0.3, -0.25) is 9.59 Å². The highest BCUT2D eigenvalue weighted by Crippen LogP contribution is 2.40. The predicted octanol–water partition coefficient (Wildman–Crippen LogP) is 2.35. The molecule has 1 N–H and O–H groups in total. The Bertz CT molecular complexity index is 406. The Hall–Kier alpha value is -1.16. The molecule has 0 radical (unpaired) electrons. The summed E-state index contributed by atoms with van der Waals surface area (Å²) in [5, 5.41) is 10.3. The molecule has 1 aliphatic heterocycles. The van der Waals surface area contributed by atoms with Gasteiger partial charge >= 0.3 is 0 Å². The normalized spacial score (nSPS) is 32.4. The second kappa shape index (κ2) is 5.45. The predicted molar refractivity (Wildman–Crippen MR) is 70.2 cm³/mol. The van der Waals surface area contributed by atoms with E-state index < -0.39 is 11.6 Å². The van der Waals surface area contributed by atoms with Crippen molar-refractivity contribution in [3.63, 3.8) is 0 Å². The SMILES string of the molecule is CC(=O)C1=CC(C2CCCCC2)CC(O)(C(C)=O)O1. The summed E-state index contributed by atoms with van der Waals surface area (Å²) in [6.07, 6.45) is 7.90. The Morgan fingerprint density at radius 1 is 1.26 bits per heavy atom. The number of rotatable bonds is 3. The molecule has 1 aliphatic carbocycles. The van der Waals surface area contributed by atoms with Gasteiger partial charge in [-0.25, -0.2) is 0 Å². The van der Waals surface area contributed by atoms with Gasteiger partial charge in [0.1, 0.15) is 0 Å². The summed E-state index contributed by atoms with van der Waals surface area (Å²) in [5.74, 6) is -1.85. The van der Waals surface area contributed by atoms with E-state index in [-0.39, 0.29) is 23.9 Å². The van der Waals surface area contributed by atoms with Crippen LogP contribution in [0.1, 0.15) is 52.4 Å². The highest BCUT2D eigenvalue weighted by Gasteiger charge is 2.44. The number of carbonyl (C=O) groups is 2. The van der Waals surface area contributed by atoms with E-state index in [0.29, 0.717) is 5.92 Å². The molecule has 2 aliphatic rings. The highest BCUT2D eigenvalue weighted by atomic mass is 16.6. The Labute approximate surface area is 113 Å². The minimum Gasteiger partial charge on any atom is -0.452 e. The van der Waals surface area contributed by atoms with Gasteiger partial charge in [0.05, 0.1) is 0 Å². The summed E-state index contributed by atoms with van der Waals surface area (Å²) >= 11 is 0. The standard InChI is InChI=1S/C15H22O4/c1-10(16)14-8-13(12-6-4-3-5-7-12)9-15(18,19-14)11(2)17/h8,12-13,18H,3-7,9H2,1-2H3. The number of allylic oxidation sites excluding steroid dienone is 2. The molecular weight excluding hydrogens is 244 g/mol. The Morgan fingerprint density at radius 2 is 1.89 bits per heavy atom. The molecule has 0 bridgehead atoms. The molecule has 0 aromatic heterocycles. The largest absolute Gasteiger partial charge is 0.452 e. The molecule has 1 fully saturated rings. The van der Waals surface area contributed by atoms with E-state index in [1.807, 2.05) is 6.08 Å². The maximum atomic E-state index is 11.6. The summed E-state index contributed by atoms with van der Waals surface area (Å²) in [6, 6.07) is 0. The Morgan fingerprint density at radius 3 is 2.42 bits per heavy atom. The fraction of sp³-hybridized carbons (Fsp3) is 0.733. The first kappa shape index (κ1) is 14.3. The molecular formula is C15H22O4. The zero-order valence-electron chi connectivity index (χ0n) is 11.6. The molecule has 0 spiro atoms. The maximum absolute atomic E-state index is 11.6. The molecule has 106 valence electrons. The summed E-state index contributed by atoms with van der Waals surface area (Å²) in [5.41, 5.74) is 0. The number of ketones is 2. The molecule has 0 aromatic carbocycles. The third-order valence-corrected chi connectivity index (χ3v) is 4.31. The van der Waals surface area contributed by atoms with Crippen molar-refractivity contribution >= 4 is 11.6 Å². The van der Waals surface area contributed by atoms with Crippen LogP contribution >= 0.6 is 0 Å². The van der Waals surface area contributed by atoms with Gasteiger partial charge in [0.15, 0.2) is 11.5 Å². The Balaban J connectivity index is 2.23. The summed E-state index contributed by atoms with van der Waals surface area (Å²) in [7, 11) is 0. The van der Waals surface area contributed by atoms with Crippen LogP contribution in [0.4, 0.5) is 0 Å². The zero-order valence-corrected chi connectivity index (χ0v) is 11.6. The minimum atomic E-state index is -1.82. The lowest BCUT2D eigenvalue weighted by molar-refractivity contribution is -0.201. The van der Waals surface area contributed by atoms with Crippen molar-refractivity contribution < 1.29 is 19.4 Å². The fourth-order valence-electron chi connectivity index (χ4n) is 3.10. The lowest BCUT2D eigenvalue weighted by atomic mass is 9.75. The van der Waals surface area contributed by atoms with Crippen molar-refractivity contribution in [2.24, 2.45) is 11.8 Å². The van der Waals surface area contributed by atoms with E-state index in [0.717, 1.165) is 12.8 Å². The smallest absolute Gasteiger partial charge is 0.268 e. The lowest BCUT2D eigenvalue weighted by Gasteiger charge is -2.38. The van der Waals surface area contributed by atoms with Gasteiger partial charge in [-0.2, -0.15) is 0 Å². The molecule has 0 aromatic rings. The second-order valence-electron chi connectivity index (χ2n) is 5.80. The molecule has 2 atom stereocenters. The highest BCUT2D eigenvalue weighted by molar-refractivity contribution is 5.93. The van der Waals surface area contributed by atoms with Crippen LogP contribution < -0.4 is 0 Å². The quantitative estimate of drug-likeness (QED) is 0.851. The first-order valence-corrected chi connectivity index (χ1v) is 7.07. The van der Waals surface area contributed by atoms with Crippen LogP contribution in [0, 0.1) is 11.8 Å². The van der Waals surface area contributed by atoms with Gasteiger partial charge in [0, 0.05) is 20.3 Å². The first-order valence-electron chi connectivity index (χ1n) is 7.07. The number of hydrogen-bond acceptors (Lipinski definition) is 4. The molecule has 0 amide bonds. The third kappa shape index (κ3) is 3.06. The van der Waals surface area contributed by atoms with Gasteiger partial charge in [0.25, 0.3) is 5.79 Å². The van der Waals surface area contributed by atoms with Crippen LogP contribution in [-0.4, -0.2) is 22.5 Å². The monoisotopic (exact) mass is 266 g/mol. The molecule has 1 heterocycles. The fourth-order valence-corrected chi connectivity index (χ4v) is 3.10.